The van der Waals surface area contributed by atoms with E-state index in [1.807, 2.05) is 0 Å². The molecule has 2 heterocycles. The van der Waals surface area contributed by atoms with E-state index in [2.05, 4.69) is 9.97 Å². The SMILES string of the molecule is CC(=O)COc1cc2nccc(Cl)c2cc1-c1ncco1. The molecule has 3 rings (SSSR count). The number of benzene rings is 1. The van der Waals surface area contributed by atoms with Crippen LogP contribution < -0.4 is 4.74 Å². The number of hydrogen-bond acceptors (Lipinski definition) is 5. The molecular weight excluding hydrogens is 292 g/mol. The van der Waals surface area contributed by atoms with Gasteiger partial charge in [0.2, 0.25) is 5.89 Å². The average molecular weight is 303 g/mol. The minimum atomic E-state index is -0.0764. The number of ketones is 1. The molecule has 0 radical (unpaired) electrons. The Morgan fingerprint density at radius 1 is 1.33 bits per heavy atom. The highest BCUT2D eigenvalue weighted by molar-refractivity contribution is 6.35. The topological polar surface area (TPSA) is 65.2 Å². The lowest BCUT2D eigenvalue weighted by molar-refractivity contribution is -0.118. The maximum absolute atomic E-state index is 11.1. The zero-order valence-corrected chi connectivity index (χ0v) is 11.9. The van der Waals surface area contributed by atoms with Crippen molar-refractivity contribution in [2.24, 2.45) is 0 Å². The summed E-state index contributed by atoms with van der Waals surface area (Å²) in [7, 11) is 0. The van der Waals surface area contributed by atoms with Crippen LogP contribution in [0.5, 0.6) is 5.75 Å². The first-order chi connectivity index (χ1) is 10.1. The maximum atomic E-state index is 11.1. The predicted molar refractivity (Wildman–Crippen MR) is 78.4 cm³/mol. The highest BCUT2D eigenvalue weighted by Crippen LogP contribution is 2.35. The minimum Gasteiger partial charge on any atom is -0.485 e. The van der Waals surface area contributed by atoms with Crippen molar-refractivity contribution < 1.29 is 13.9 Å². The standard InChI is InChI=1S/C15H11ClN2O3/c1-9(19)8-21-14-7-13-10(12(16)2-3-17-13)6-11(14)15-18-4-5-20-15/h2-7H,8H2,1H3. The number of fused-ring (bicyclic) bond motifs is 1. The third-order valence-corrected chi connectivity index (χ3v) is 3.21. The van der Waals surface area contributed by atoms with Gasteiger partial charge in [0.05, 0.1) is 22.3 Å². The van der Waals surface area contributed by atoms with E-state index in [1.165, 1.54) is 13.2 Å². The summed E-state index contributed by atoms with van der Waals surface area (Å²) in [5.74, 6) is 0.804. The van der Waals surface area contributed by atoms with Crippen molar-refractivity contribution >= 4 is 28.3 Å². The Balaban J connectivity index is 2.18. The smallest absolute Gasteiger partial charge is 0.229 e. The first kappa shape index (κ1) is 13.6. The molecule has 0 amide bonds. The molecule has 3 aromatic rings. The van der Waals surface area contributed by atoms with Crippen LogP contribution in [-0.2, 0) is 4.79 Å². The Labute approximate surface area is 125 Å². The second-order valence-electron chi connectivity index (χ2n) is 4.49. The van der Waals surface area contributed by atoms with Crippen LogP contribution in [0.15, 0.2) is 41.3 Å². The second kappa shape index (κ2) is 5.54. The van der Waals surface area contributed by atoms with Gasteiger partial charge in [-0.2, -0.15) is 0 Å². The van der Waals surface area contributed by atoms with Crippen LogP contribution in [0.25, 0.3) is 22.4 Å². The quantitative estimate of drug-likeness (QED) is 0.738. The van der Waals surface area contributed by atoms with Gasteiger partial charge in [-0.05, 0) is 19.1 Å². The number of hydrogen-bond donors (Lipinski definition) is 0. The molecule has 106 valence electrons. The molecule has 0 atom stereocenters. The predicted octanol–water partition coefficient (Wildman–Crippen LogP) is 3.51. The van der Waals surface area contributed by atoms with E-state index in [9.17, 15) is 4.79 Å². The first-order valence-corrected chi connectivity index (χ1v) is 6.63. The van der Waals surface area contributed by atoms with Crippen LogP contribution in [-0.4, -0.2) is 22.4 Å². The number of nitrogens with zero attached hydrogens (tertiary/aromatic N) is 2. The number of oxazole rings is 1. The van der Waals surface area contributed by atoms with Gasteiger partial charge in [-0.3, -0.25) is 9.78 Å². The van der Waals surface area contributed by atoms with Crippen LogP contribution in [0.4, 0.5) is 0 Å². The van der Waals surface area contributed by atoms with Gasteiger partial charge in [-0.25, -0.2) is 4.98 Å². The lowest BCUT2D eigenvalue weighted by atomic mass is 10.1. The summed E-state index contributed by atoms with van der Waals surface area (Å²) in [6, 6.07) is 5.23. The third kappa shape index (κ3) is 2.73. The molecular formula is C15H11ClN2O3. The van der Waals surface area contributed by atoms with Crippen LogP contribution in [0.2, 0.25) is 5.02 Å². The van der Waals surface area contributed by atoms with Gasteiger partial charge in [0.15, 0.2) is 5.78 Å². The molecule has 0 bridgehead atoms. The van der Waals surface area contributed by atoms with Gasteiger partial charge in [0, 0.05) is 17.6 Å². The molecule has 0 aliphatic heterocycles. The Hall–Kier alpha value is -2.40. The zero-order valence-electron chi connectivity index (χ0n) is 11.2. The fourth-order valence-electron chi connectivity index (χ4n) is 1.96. The molecule has 0 saturated heterocycles. The first-order valence-electron chi connectivity index (χ1n) is 6.25. The van der Waals surface area contributed by atoms with Gasteiger partial charge < -0.3 is 9.15 Å². The fourth-order valence-corrected chi connectivity index (χ4v) is 2.17. The largest absolute Gasteiger partial charge is 0.485 e. The highest BCUT2D eigenvalue weighted by atomic mass is 35.5. The summed E-state index contributed by atoms with van der Waals surface area (Å²) >= 11 is 6.18. The molecule has 6 heteroatoms. The Bertz CT molecular complexity index is 800. The molecule has 21 heavy (non-hydrogen) atoms. The minimum absolute atomic E-state index is 0.0280. The molecule has 0 N–H and O–H groups in total. The number of pyridine rings is 1. The van der Waals surface area contributed by atoms with Crippen molar-refractivity contribution in [3.63, 3.8) is 0 Å². The van der Waals surface area contributed by atoms with E-state index in [1.54, 1.807) is 30.6 Å². The average Bonchev–Trinajstić information content (AvgIpc) is 2.98. The van der Waals surface area contributed by atoms with E-state index >= 15 is 0 Å². The van der Waals surface area contributed by atoms with E-state index in [-0.39, 0.29) is 12.4 Å². The van der Waals surface area contributed by atoms with Gasteiger partial charge in [-0.15, -0.1) is 0 Å². The van der Waals surface area contributed by atoms with E-state index < -0.39 is 0 Å². The normalized spacial score (nSPS) is 10.8. The number of rotatable bonds is 4. The Morgan fingerprint density at radius 2 is 2.19 bits per heavy atom. The molecule has 0 spiro atoms. The van der Waals surface area contributed by atoms with Crippen LogP contribution in [0.1, 0.15) is 6.92 Å². The lowest BCUT2D eigenvalue weighted by Gasteiger charge is -2.10. The summed E-state index contributed by atoms with van der Waals surface area (Å²) in [5.41, 5.74) is 1.31. The number of ether oxygens (including phenoxy) is 1. The van der Waals surface area contributed by atoms with Crippen LogP contribution in [0, 0.1) is 0 Å². The summed E-state index contributed by atoms with van der Waals surface area (Å²) < 4.78 is 10.9. The molecule has 0 aliphatic rings. The Morgan fingerprint density at radius 3 is 2.90 bits per heavy atom. The number of carbonyl (C=O) groups is 1. The third-order valence-electron chi connectivity index (χ3n) is 2.88. The summed E-state index contributed by atoms with van der Waals surface area (Å²) in [6.45, 7) is 1.43. The Kier molecular flexibility index (Phi) is 3.58. The number of halogens is 1. The van der Waals surface area contributed by atoms with Crippen molar-refractivity contribution in [2.45, 2.75) is 6.92 Å². The molecule has 1 aromatic carbocycles. The van der Waals surface area contributed by atoms with Gasteiger partial charge >= 0.3 is 0 Å². The van der Waals surface area contributed by atoms with Gasteiger partial charge in [0.1, 0.15) is 18.6 Å². The monoisotopic (exact) mass is 302 g/mol. The van der Waals surface area contributed by atoms with Crippen LogP contribution in [0.3, 0.4) is 0 Å². The van der Waals surface area contributed by atoms with Crippen LogP contribution >= 0.6 is 11.6 Å². The van der Waals surface area contributed by atoms with Gasteiger partial charge in [-0.1, -0.05) is 11.6 Å². The van der Waals surface area contributed by atoms with Gasteiger partial charge in [0.25, 0.3) is 0 Å². The van der Waals surface area contributed by atoms with E-state index in [0.29, 0.717) is 27.7 Å². The fraction of sp³-hybridized carbons (Fsp3) is 0.133. The van der Waals surface area contributed by atoms with Crippen molar-refractivity contribution in [3.8, 4) is 17.2 Å². The molecule has 0 aliphatic carbocycles. The molecule has 0 saturated carbocycles. The lowest BCUT2D eigenvalue weighted by Crippen LogP contribution is -2.07. The second-order valence-corrected chi connectivity index (χ2v) is 4.89. The van der Waals surface area contributed by atoms with Crippen molar-refractivity contribution in [1.82, 2.24) is 9.97 Å². The summed E-state index contributed by atoms with van der Waals surface area (Å²) in [6.07, 6.45) is 4.63. The van der Waals surface area contributed by atoms with Crippen molar-refractivity contribution in [1.29, 1.82) is 0 Å². The molecule has 0 fully saturated rings. The molecule has 2 aromatic heterocycles. The summed E-state index contributed by atoms with van der Waals surface area (Å²) in [5, 5.41) is 1.34. The number of carbonyl (C=O) groups excluding carboxylic acids is 1. The zero-order chi connectivity index (χ0) is 14.8. The number of Topliss-reactive ketones (excluding diaryl/α,β-unsaturated/α-hetero) is 1. The van der Waals surface area contributed by atoms with Crippen molar-refractivity contribution in [2.75, 3.05) is 6.61 Å². The highest BCUT2D eigenvalue weighted by Gasteiger charge is 2.14. The molecule has 0 unspecified atom stereocenters. The number of aromatic nitrogens is 2. The summed E-state index contributed by atoms with van der Waals surface area (Å²) in [4.78, 5) is 19.5. The van der Waals surface area contributed by atoms with E-state index in [0.717, 1.165) is 5.39 Å². The van der Waals surface area contributed by atoms with E-state index in [4.69, 9.17) is 20.8 Å². The van der Waals surface area contributed by atoms with Crippen molar-refractivity contribution in [3.05, 3.63) is 41.9 Å². The maximum Gasteiger partial charge on any atom is 0.229 e. The molecule has 5 nitrogen and oxygen atoms in total.